The minimum atomic E-state index is -0.365. The highest BCUT2D eigenvalue weighted by atomic mass is 16.3. The number of nitrogens with zero attached hydrogens (tertiary/aromatic N) is 2. The van der Waals surface area contributed by atoms with Gasteiger partial charge in [0.25, 0.3) is 5.91 Å². The highest BCUT2D eigenvalue weighted by Gasteiger charge is 2.20. The van der Waals surface area contributed by atoms with Crippen molar-refractivity contribution < 1.29 is 9.21 Å². The Labute approximate surface area is 121 Å². The lowest BCUT2D eigenvalue weighted by atomic mass is 10.0. The lowest BCUT2D eigenvalue weighted by molar-refractivity contribution is 0.0933. The normalized spacial score (nSPS) is 11.8. The number of amides is 1. The van der Waals surface area contributed by atoms with Crippen molar-refractivity contribution in [2.45, 2.75) is 6.04 Å². The van der Waals surface area contributed by atoms with Crippen molar-refractivity contribution in [2.24, 2.45) is 0 Å². The summed E-state index contributed by atoms with van der Waals surface area (Å²) >= 11 is 0. The number of rotatable bonds is 4. The molecule has 1 aromatic carbocycles. The van der Waals surface area contributed by atoms with Crippen LogP contribution < -0.4 is 5.32 Å². The molecule has 0 saturated heterocycles. The van der Waals surface area contributed by atoms with Gasteiger partial charge in [0.1, 0.15) is 17.5 Å². The Morgan fingerprint density at radius 2 is 1.95 bits per heavy atom. The first kappa shape index (κ1) is 13.1. The van der Waals surface area contributed by atoms with Crippen molar-refractivity contribution in [2.75, 3.05) is 0 Å². The average Bonchev–Trinajstić information content (AvgIpc) is 3.08. The molecule has 1 N–H and O–H groups in total. The van der Waals surface area contributed by atoms with E-state index < -0.39 is 0 Å². The summed E-state index contributed by atoms with van der Waals surface area (Å²) in [6.07, 6.45) is 6.02. The van der Waals surface area contributed by atoms with Crippen LogP contribution in [0.3, 0.4) is 0 Å². The first-order valence-corrected chi connectivity index (χ1v) is 6.50. The maximum atomic E-state index is 12.3. The van der Waals surface area contributed by atoms with Crippen molar-refractivity contribution in [3.05, 3.63) is 84.3 Å². The molecule has 0 bridgehead atoms. The molecule has 21 heavy (non-hydrogen) atoms. The molecule has 0 fully saturated rings. The zero-order chi connectivity index (χ0) is 14.5. The maximum absolute atomic E-state index is 12.3. The molecule has 0 aliphatic heterocycles. The minimum Gasteiger partial charge on any atom is -0.467 e. The molecular weight excluding hydrogens is 266 g/mol. The third kappa shape index (κ3) is 2.97. The van der Waals surface area contributed by atoms with Crippen LogP contribution in [0.1, 0.15) is 27.9 Å². The average molecular weight is 279 g/mol. The Morgan fingerprint density at radius 3 is 2.62 bits per heavy atom. The molecule has 2 aromatic heterocycles. The van der Waals surface area contributed by atoms with Crippen LogP contribution in [0.15, 0.2) is 71.7 Å². The van der Waals surface area contributed by atoms with E-state index in [0.717, 1.165) is 5.56 Å². The van der Waals surface area contributed by atoms with Crippen LogP contribution in [-0.2, 0) is 0 Å². The van der Waals surface area contributed by atoms with Gasteiger partial charge in [0.05, 0.1) is 12.5 Å². The molecule has 2 heterocycles. The van der Waals surface area contributed by atoms with E-state index in [9.17, 15) is 4.79 Å². The van der Waals surface area contributed by atoms with Crippen LogP contribution in [0.25, 0.3) is 0 Å². The monoisotopic (exact) mass is 279 g/mol. The zero-order valence-corrected chi connectivity index (χ0v) is 11.1. The summed E-state index contributed by atoms with van der Waals surface area (Å²) in [5.74, 6) is 0.367. The standard InChI is InChI=1S/C16H13N3O2/c20-16(13-11-17-8-9-18-13)19-15(14-7-4-10-21-14)12-5-2-1-3-6-12/h1-11,15H,(H,19,20). The van der Waals surface area contributed by atoms with Gasteiger partial charge in [-0.2, -0.15) is 0 Å². The molecular formula is C16H13N3O2. The zero-order valence-electron chi connectivity index (χ0n) is 11.1. The topological polar surface area (TPSA) is 68.0 Å². The van der Waals surface area contributed by atoms with Gasteiger partial charge >= 0.3 is 0 Å². The highest BCUT2D eigenvalue weighted by Crippen LogP contribution is 2.22. The highest BCUT2D eigenvalue weighted by molar-refractivity contribution is 5.92. The summed E-state index contributed by atoms with van der Waals surface area (Å²) in [7, 11) is 0. The second-order valence-electron chi connectivity index (χ2n) is 4.42. The molecule has 0 aliphatic carbocycles. The quantitative estimate of drug-likeness (QED) is 0.797. The molecule has 3 aromatic rings. The molecule has 0 spiro atoms. The van der Waals surface area contributed by atoms with E-state index in [-0.39, 0.29) is 17.6 Å². The predicted molar refractivity (Wildman–Crippen MR) is 76.5 cm³/mol. The number of furan rings is 1. The molecule has 0 radical (unpaired) electrons. The SMILES string of the molecule is O=C(NC(c1ccccc1)c1ccco1)c1cnccn1. The van der Waals surface area contributed by atoms with Crippen LogP contribution in [0.5, 0.6) is 0 Å². The molecule has 3 rings (SSSR count). The van der Waals surface area contributed by atoms with Crippen molar-refractivity contribution in [1.29, 1.82) is 0 Å². The Balaban J connectivity index is 1.89. The van der Waals surface area contributed by atoms with Crippen LogP contribution in [0.4, 0.5) is 0 Å². The molecule has 5 nitrogen and oxygen atoms in total. The Hall–Kier alpha value is -2.95. The molecule has 5 heteroatoms. The number of hydrogen-bond acceptors (Lipinski definition) is 4. The van der Waals surface area contributed by atoms with Gasteiger partial charge in [-0.05, 0) is 17.7 Å². The van der Waals surface area contributed by atoms with Crippen molar-refractivity contribution >= 4 is 5.91 Å². The third-order valence-corrected chi connectivity index (χ3v) is 3.03. The molecule has 104 valence electrons. The van der Waals surface area contributed by atoms with E-state index in [0.29, 0.717) is 5.76 Å². The first-order valence-electron chi connectivity index (χ1n) is 6.50. The van der Waals surface area contributed by atoms with Crippen molar-refractivity contribution in [1.82, 2.24) is 15.3 Å². The van der Waals surface area contributed by atoms with Gasteiger partial charge in [0.2, 0.25) is 0 Å². The van der Waals surface area contributed by atoms with Crippen LogP contribution in [-0.4, -0.2) is 15.9 Å². The number of carbonyl (C=O) groups is 1. The number of hydrogen-bond donors (Lipinski definition) is 1. The van der Waals surface area contributed by atoms with Crippen LogP contribution >= 0.6 is 0 Å². The summed E-state index contributed by atoms with van der Waals surface area (Å²) in [4.78, 5) is 20.2. The van der Waals surface area contributed by atoms with E-state index in [2.05, 4.69) is 15.3 Å². The Kier molecular flexibility index (Phi) is 3.73. The molecule has 1 amide bonds. The van der Waals surface area contributed by atoms with E-state index in [1.54, 1.807) is 12.3 Å². The number of nitrogens with one attached hydrogen (secondary N) is 1. The van der Waals surface area contributed by atoms with Crippen molar-refractivity contribution in [3.8, 4) is 0 Å². The second kappa shape index (κ2) is 6.00. The molecule has 1 atom stereocenters. The largest absolute Gasteiger partial charge is 0.467 e. The van der Waals surface area contributed by atoms with E-state index in [4.69, 9.17) is 4.42 Å². The van der Waals surface area contributed by atoms with Crippen LogP contribution in [0, 0.1) is 0 Å². The number of carbonyl (C=O) groups excluding carboxylic acids is 1. The summed E-state index contributed by atoms with van der Waals surface area (Å²) in [5, 5.41) is 2.92. The molecule has 0 aliphatic rings. The van der Waals surface area contributed by atoms with Gasteiger partial charge in [-0.3, -0.25) is 9.78 Å². The number of aromatic nitrogens is 2. The van der Waals surface area contributed by atoms with Gasteiger partial charge < -0.3 is 9.73 Å². The summed E-state index contributed by atoms with van der Waals surface area (Å²) < 4.78 is 5.44. The van der Waals surface area contributed by atoms with Gasteiger partial charge in [-0.1, -0.05) is 30.3 Å². The molecule has 0 saturated carbocycles. The van der Waals surface area contributed by atoms with E-state index in [1.807, 2.05) is 36.4 Å². The Bertz CT molecular complexity index is 697. The number of benzene rings is 1. The Morgan fingerprint density at radius 1 is 1.10 bits per heavy atom. The fourth-order valence-electron chi connectivity index (χ4n) is 2.04. The molecule has 1 unspecified atom stereocenters. The fraction of sp³-hybridized carbons (Fsp3) is 0.0625. The lowest BCUT2D eigenvalue weighted by Gasteiger charge is -2.16. The summed E-state index contributed by atoms with van der Waals surface area (Å²) in [6.45, 7) is 0. The maximum Gasteiger partial charge on any atom is 0.272 e. The van der Waals surface area contributed by atoms with Crippen LogP contribution in [0.2, 0.25) is 0 Å². The van der Waals surface area contributed by atoms with Gasteiger partial charge in [0.15, 0.2) is 0 Å². The first-order chi connectivity index (χ1) is 10.3. The minimum absolute atomic E-state index is 0.269. The van der Waals surface area contributed by atoms with Gasteiger partial charge in [-0.25, -0.2) is 4.98 Å². The summed E-state index contributed by atoms with van der Waals surface area (Å²) in [5.41, 5.74) is 1.20. The smallest absolute Gasteiger partial charge is 0.272 e. The summed E-state index contributed by atoms with van der Waals surface area (Å²) in [6, 6.07) is 12.9. The van der Waals surface area contributed by atoms with E-state index in [1.165, 1.54) is 18.6 Å². The lowest BCUT2D eigenvalue weighted by Crippen LogP contribution is -2.29. The van der Waals surface area contributed by atoms with Gasteiger partial charge in [0, 0.05) is 12.4 Å². The predicted octanol–water partition coefficient (Wildman–Crippen LogP) is 2.59. The fourth-order valence-corrected chi connectivity index (χ4v) is 2.04. The van der Waals surface area contributed by atoms with Crippen molar-refractivity contribution in [3.63, 3.8) is 0 Å². The second-order valence-corrected chi connectivity index (χ2v) is 4.42. The third-order valence-electron chi connectivity index (χ3n) is 3.03. The van der Waals surface area contributed by atoms with E-state index >= 15 is 0 Å². The van der Waals surface area contributed by atoms with Gasteiger partial charge in [-0.15, -0.1) is 0 Å².